The number of nitrogens with two attached hydrogens (primary N) is 1. The summed E-state index contributed by atoms with van der Waals surface area (Å²) >= 11 is 0. The van der Waals surface area contributed by atoms with Crippen LogP contribution in [0.15, 0.2) is 24.3 Å². The van der Waals surface area contributed by atoms with Crippen LogP contribution in [0.3, 0.4) is 0 Å². The van der Waals surface area contributed by atoms with Crippen molar-refractivity contribution in [2.45, 2.75) is 51.7 Å². The van der Waals surface area contributed by atoms with E-state index in [0.29, 0.717) is 18.8 Å². The number of nitrogens with one attached hydrogen (secondary N) is 2. The Hall–Kier alpha value is -2.75. The normalized spacial score (nSPS) is 16.3. The predicted molar refractivity (Wildman–Crippen MR) is 121 cm³/mol. The third-order valence-corrected chi connectivity index (χ3v) is 5.04. The molecule has 7 nitrogen and oxygen atoms in total. The number of anilines is 4. The highest BCUT2D eigenvalue weighted by Crippen LogP contribution is 2.35. The zero-order chi connectivity index (χ0) is 22.6. The molecule has 1 aliphatic rings. The minimum Gasteiger partial charge on any atom is -0.398 e. The lowest BCUT2D eigenvalue weighted by Crippen LogP contribution is -2.47. The number of hydrogen-bond acceptors (Lipinski definition) is 6. The molecule has 1 aliphatic heterocycles. The molecular weight excluding hydrogens is 445 g/mol. The molecule has 1 unspecified atom stereocenters. The van der Waals surface area contributed by atoms with E-state index in [4.69, 9.17) is 5.73 Å². The highest BCUT2D eigenvalue weighted by Gasteiger charge is 2.33. The van der Waals surface area contributed by atoms with Crippen LogP contribution in [0.4, 0.5) is 36.3 Å². The van der Waals surface area contributed by atoms with Crippen LogP contribution in [-0.2, 0) is 17.4 Å². The lowest BCUT2D eigenvalue weighted by atomic mass is 10.1. The van der Waals surface area contributed by atoms with Gasteiger partial charge >= 0.3 is 6.18 Å². The molecule has 1 atom stereocenters. The minimum atomic E-state index is -4.55. The average molecular weight is 473 g/mol. The molecule has 1 aromatic heterocycles. The maximum absolute atomic E-state index is 13.2. The smallest absolute Gasteiger partial charge is 0.398 e. The molecule has 2 aromatic rings. The van der Waals surface area contributed by atoms with Crippen molar-refractivity contribution in [3.05, 3.63) is 35.5 Å². The Morgan fingerprint density at radius 2 is 2.03 bits per heavy atom. The molecule has 32 heavy (non-hydrogen) atoms. The number of hydrogen-bond donors (Lipinski definition) is 3. The van der Waals surface area contributed by atoms with Crippen molar-refractivity contribution in [2.24, 2.45) is 0 Å². The van der Waals surface area contributed by atoms with Crippen molar-refractivity contribution >= 4 is 41.5 Å². The first-order valence-corrected chi connectivity index (χ1v) is 10.3. The summed E-state index contributed by atoms with van der Waals surface area (Å²) in [6, 6.07) is 5.56. The Morgan fingerprint density at radius 3 is 2.69 bits per heavy atom. The summed E-state index contributed by atoms with van der Waals surface area (Å²) < 4.78 is 39.6. The van der Waals surface area contributed by atoms with Gasteiger partial charge in [0.1, 0.15) is 5.82 Å². The first kappa shape index (κ1) is 25.5. The van der Waals surface area contributed by atoms with E-state index in [0.717, 1.165) is 37.6 Å². The third-order valence-electron chi connectivity index (χ3n) is 5.04. The van der Waals surface area contributed by atoms with Gasteiger partial charge in [0.2, 0.25) is 11.9 Å². The van der Waals surface area contributed by atoms with Gasteiger partial charge in [0.25, 0.3) is 0 Å². The monoisotopic (exact) mass is 472 g/mol. The van der Waals surface area contributed by atoms with Crippen LogP contribution in [0.5, 0.6) is 0 Å². The molecule has 1 amide bonds. The summed E-state index contributed by atoms with van der Waals surface area (Å²) in [4.78, 5) is 22.5. The van der Waals surface area contributed by atoms with Crippen LogP contribution < -0.4 is 21.3 Å². The second-order valence-corrected chi connectivity index (χ2v) is 7.70. The Bertz CT molecular complexity index is 940. The molecule has 0 radical (unpaired) electrons. The van der Waals surface area contributed by atoms with E-state index in [1.54, 1.807) is 0 Å². The molecule has 0 bridgehead atoms. The molecule has 3 rings (SSSR count). The summed E-state index contributed by atoms with van der Waals surface area (Å²) in [5, 5.41) is 5.83. The average Bonchev–Trinajstić information content (AvgIpc) is 2.68. The Labute approximate surface area is 191 Å². The summed E-state index contributed by atoms with van der Waals surface area (Å²) in [7, 11) is 0. The topological polar surface area (TPSA) is 96.2 Å². The van der Waals surface area contributed by atoms with E-state index >= 15 is 0 Å². The van der Waals surface area contributed by atoms with Gasteiger partial charge in [-0.05, 0) is 37.5 Å². The number of benzene rings is 1. The van der Waals surface area contributed by atoms with E-state index in [1.165, 1.54) is 19.1 Å². The first-order chi connectivity index (χ1) is 14.7. The second-order valence-electron chi connectivity index (χ2n) is 7.70. The van der Waals surface area contributed by atoms with E-state index in [2.05, 4.69) is 25.5 Å². The van der Waals surface area contributed by atoms with Crippen LogP contribution in [0.25, 0.3) is 0 Å². The van der Waals surface area contributed by atoms with Crippen molar-refractivity contribution < 1.29 is 18.0 Å². The number of rotatable bonds is 6. The zero-order valence-corrected chi connectivity index (χ0v) is 18.8. The molecular formula is C21H28ClF3N6O. The molecule has 0 spiro atoms. The van der Waals surface area contributed by atoms with Crippen molar-refractivity contribution in [3.63, 3.8) is 0 Å². The molecule has 0 aliphatic carbocycles. The number of aryl methyl sites for hydroxylation is 1. The number of aromatic nitrogens is 2. The van der Waals surface area contributed by atoms with Crippen molar-refractivity contribution in [3.8, 4) is 0 Å². The van der Waals surface area contributed by atoms with Crippen LogP contribution in [0, 0.1) is 0 Å². The number of carbonyl (C=O) groups excluding carboxylic acids is 1. The fourth-order valence-electron chi connectivity index (χ4n) is 3.68. The highest BCUT2D eigenvalue weighted by atomic mass is 35.5. The second kappa shape index (κ2) is 10.7. The van der Waals surface area contributed by atoms with Crippen molar-refractivity contribution in [2.75, 3.05) is 29.0 Å². The van der Waals surface area contributed by atoms with Gasteiger partial charge in [0, 0.05) is 49.2 Å². The number of carbonyl (C=O) groups is 1. The molecule has 1 saturated heterocycles. The van der Waals surface area contributed by atoms with Crippen LogP contribution >= 0.6 is 12.4 Å². The fourth-order valence-corrected chi connectivity index (χ4v) is 3.68. The standard InChI is InChI=1S/C21H27F3N6O.ClH/c1-3-5-14-11-19(30-9-4-6-16(12-30)26-13(2)31)29-20(27-14)28-15-7-8-18(25)17(10-15)21(22,23)24;/h7-8,10-11,16H,3-6,9,12,25H2,1-2H3,(H,26,31)(H,27,28,29);1H. The largest absolute Gasteiger partial charge is 0.418 e. The van der Waals surface area contributed by atoms with Gasteiger partial charge in [-0.1, -0.05) is 13.3 Å². The summed E-state index contributed by atoms with van der Waals surface area (Å²) in [6.07, 6.45) is -1.19. The maximum atomic E-state index is 13.2. The quantitative estimate of drug-likeness (QED) is 0.542. The number of amides is 1. The fraction of sp³-hybridized carbons (Fsp3) is 0.476. The summed E-state index contributed by atoms with van der Waals surface area (Å²) in [5.41, 5.74) is 5.24. The van der Waals surface area contributed by atoms with Gasteiger partial charge in [0.15, 0.2) is 0 Å². The van der Waals surface area contributed by atoms with Crippen molar-refractivity contribution in [1.82, 2.24) is 15.3 Å². The molecule has 176 valence electrons. The molecule has 1 aromatic carbocycles. The van der Waals surface area contributed by atoms with Gasteiger partial charge in [-0.25, -0.2) is 4.98 Å². The molecule has 0 saturated carbocycles. The SMILES string of the molecule is CCCc1cc(N2CCCC(NC(C)=O)C2)nc(Nc2ccc(N)c(C(F)(F)F)c2)n1.Cl. The third kappa shape index (κ3) is 6.62. The van der Waals surface area contributed by atoms with E-state index < -0.39 is 11.7 Å². The molecule has 2 heterocycles. The highest BCUT2D eigenvalue weighted by molar-refractivity contribution is 5.85. The van der Waals surface area contributed by atoms with E-state index in [9.17, 15) is 18.0 Å². The maximum Gasteiger partial charge on any atom is 0.418 e. The van der Waals surface area contributed by atoms with Gasteiger partial charge in [-0.3, -0.25) is 4.79 Å². The predicted octanol–water partition coefficient (Wildman–Crippen LogP) is 4.30. The van der Waals surface area contributed by atoms with Crippen LogP contribution in [0.2, 0.25) is 0 Å². The Morgan fingerprint density at radius 1 is 1.28 bits per heavy atom. The number of nitrogens with zero attached hydrogens (tertiary/aromatic N) is 3. The molecule has 11 heteroatoms. The number of halogens is 4. The Kier molecular flexibility index (Phi) is 8.54. The number of alkyl halides is 3. The van der Waals surface area contributed by atoms with Gasteiger partial charge in [0.05, 0.1) is 5.56 Å². The Balaban J connectivity index is 0.00000363. The van der Waals surface area contributed by atoms with Gasteiger partial charge in [-0.2, -0.15) is 18.2 Å². The number of piperidine rings is 1. The van der Waals surface area contributed by atoms with Crippen LogP contribution in [-0.4, -0.2) is 35.0 Å². The van der Waals surface area contributed by atoms with Gasteiger partial charge < -0.3 is 21.3 Å². The lowest BCUT2D eigenvalue weighted by molar-refractivity contribution is -0.136. The summed E-state index contributed by atoms with van der Waals surface area (Å²) in [5.74, 6) is 0.829. The molecule has 4 N–H and O–H groups in total. The van der Waals surface area contributed by atoms with E-state index in [-0.39, 0.29) is 41.7 Å². The zero-order valence-electron chi connectivity index (χ0n) is 18.0. The van der Waals surface area contributed by atoms with Gasteiger partial charge in [-0.15, -0.1) is 12.4 Å². The van der Waals surface area contributed by atoms with Crippen LogP contribution in [0.1, 0.15) is 44.4 Å². The lowest BCUT2D eigenvalue weighted by Gasteiger charge is -2.34. The minimum absolute atomic E-state index is 0. The number of nitrogen functional groups attached to an aromatic ring is 1. The summed E-state index contributed by atoms with van der Waals surface area (Å²) in [6.45, 7) is 4.91. The molecule has 1 fully saturated rings. The first-order valence-electron chi connectivity index (χ1n) is 10.3. The van der Waals surface area contributed by atoms with Crippen molar-refractivity contribution in [1.29, 1.82) is 0 Å². The van der Waals surface area contributed by atoms with E-state index in [1.807, 2.05) is 13.0 Å².